The van der Waals surface area contributed by atoms with Crippen molar-refractivity contribution in [3.05, 3.63) is 35.2 Å². The van der Waals surface area contributed by atoms with Crippen LogP contribution in [0.15, 0.2) is 29.6 Å². The average molecular weight is 323 g/mol. The van der Waals surface area contributed by atoms with Crippen molar-refractivity contribution in [2.45, 2.75) is 39.2 Å². The van der Waals surface area contributed by atoms with E-state index >= 15 is 0 Å². The van der Waals surface area contributed by atoms with Crippen LogP contribution >= 0.6 is 11.3 Å². The Morgan fingerprint density at radius 3 is 2.41 bits per heavy atom. The number of carboxylic acids is 1. The molecule has 0 aliphatic heterocycles. The largest absolute Gasteiger partial charge is 0.481 e. The number of aliphatic carboxylic acids is 1. The maximum Gasteiger partial charge on any atom is 0.405 e. The first-order valence-corrected chi connectivity index (χ1v) is 7.72. The summed E-state index contributed by atoms with van der Waals surface area (Å²) in [5, 5.41) is 11.8. The highest BCUT2D eigenvalue weighted by Crippen LogP contribution is 2.26. The Bertz CT molecular complexity index is 643. The van der Waals surface area contributed by atoms with Crippen molar-refractivity contribution in [1.29, 1.82) is 0 Å². The highest BCUT2D eigenvalue weighted by Gasteiger charge is 2.12. The zero-order valence-electron chi connectivity index (χ0n) is 13.0. The molecule has 0 radical (unpaired) electrons. The van der Waals surface area contributed by atoms with Gasteiger partial charge < -0.3 is 15.6 Å². The number of hydrogen-bond donors (Lipinski definition) is 2. The predicted molar refractivity (Wildman–Crippen MR) is 88.2 cm³/mol. The lowest BCUT2D eigenvalue weighted by Crippen LogP contribution is -2.27. The Kier molecular flexibility index (Phi) is 6.37. The van der Waals surface area contributed by atoms with Crippen LogP contribution in [0.2, 0.25) is 0 Å². The van der Waals surface area contributed by atoms with Gasteiger partial charge in [0.05, 0.1) is 0 Å². The molecule has 6 heteroatoms. The van der Waals surface area contributed by atoms with Crippen molar-refractivity contribution in [2.75, 3.05) is 0 Å². The van der Waals surface area contributed by atoms with E-state index in [0.29, 0.717) is 6.42 Å². The molecule has 0 spiro atoms. The van der Waals surface area contributed by atoms with E-state index in [2.05, 4.69) is 10.8 Å². The van der Waals surface area contributed by atoms with Crippen LogP contribution in [-0.2, 0) is 16.0 Å². The summed E-state index contributed by atoms with van der Waals surface area (Å²) in [5.41, 5.74) is 5.41. The number of carboxylic acid groups (broad SMARTS) is 1. The molecule has 1 amide bonds. The summed E-state index contributed by atoms with van der Waals surface area (Å²) < 4.78 is 5.81. The average Bonchev–Trinajstić information content (AvgIpc) is 2.77. The summed E-state index contributed by atoms with van der Waals surface area (Å²) in [7, 11) is 0. The number of rotatable bonds is 3. The van der Waals surface area contributed by atoms with Gasteiger partial charge in [0, 0.05) is 11.1 Å². The number of fused-ring (bicyclic) bond motifs is 1. The minimum atomic E-state index is -0.736. The van der Waals surface area contributed by atoms with Crippen LogP contribution in [0, 0.1) is 0 Å². The molecule has 2 aromatic rings. The van der Waals surface area contributed by atoms with Gasteiger partial charge >= 0.3 is 12.1 Å². The fraction of sp³-hybridized carbons (Fsp3) is 0.375. The summed E-state index contributed by atoms with van der Waals surface area (Å²) in [4.78, 5) is 20.4. The second-order valence-corrected chi connectivity index (χ2v) is 6.60. The van der Waals surface area contributed by atoms with Crippen LogP contribution in [0.5, 0.6) is 0 Å². The maximum absolute atomic E-state index is 10.4. The third kappa shape index (κ3) is 6.58. The topological polar surface area (TPSA) is 89.6 Å². The number of amides is 1. The first kappa shape index (κ1) is 18.0. The predicted octanol–water partition coefficient (Wildman–Crippen LogP) is 3.80. The van der Waals surface area contributed by atoms with Crippen LogP contribution in [0.3, 0.4) is 0 Å². The van der Waals surface area contributed by atoms with E-state index in [0.717, 1.165) is 5.56 Å². The molecule has 3 N–H and O–H groups in total. The summed E-state index contributed by atoms with van der Waals surface area (Å²) in [6.07, 6.45) is 0.109. The molecule has 22 heavy (non-hydrogen) atoms. The Balaban J connectivity index is 0.000000261. The van der Waals surface area contributed by atoms with Crippen LogP contribution in [0.1, 0.15) is 32.8 Å². The summed E-state index contributed by atoms with van der Waals surface area (Å²) in [6, 6.07) is 8.09. The minimum Gasteiger partial charge on any atom is -0.481 e. The first-order chi connectivity index (χ1) is 10.2. The highest BCUT2D eigenvalue weighted by molar-refractivity contribution is 7.17. The zero-order valence-corrected chi connectivity index (χ0v) is 13.8. The molecular formula is C16H21NO4S. The Morgan fingerprint density at radius 2 is 1.91 bits per heavy atom. The number of ether oxygens (including phenoxy) is 1. The maximum atomic E-state index is 10.4. The van der Waals surface area contributed by atoms with Gasteiger partial charge in [-0.3, -0.25) is 4.79 Å². The molecule has 0 atom stereocenters. The minimum absolute atomic E-state index is 0.209. The Morgan fingerprint density at radius 1 is 1.27 bits per heavy atom. The third-order valence-corrected chi connectivity index (χ3v) is 3.59. The fourth-order valence-electron chi connectivity index (χ4n) is 1.77. The molecule has 5 nitrogen and oxygen atoms in total. The third-order valence-electron chi connectivity index (χ3n) is 2.58. The first-order valence-electron chi connectivity index (χ1n) is 6.84. The lowest BCUT2D eigenvalue weighted by Gasteiger charge is -2.16. The number of hydrogen-bond acceptors (Lipinski definition) is 4. The van der Waals surface area contributed by atoms with Gasteiger partial charge in [0.25, 0.3) is 0 Å². The number of carbonyl (C=O) groups is 2. The molecule has 0 bridgehead atoms. The van der Waals surface area contributed by atoms with Crippen molar-refractivity contribution in [2.24, 2.45) is 5.73 Å². The molecular weight excluding hydrogens is 302 g/mol. The van der Waals surface area contributed by atoms with Gasteiger partial charge in [-0.15, -0.1) is 11.3 Å². The summed E-state index contributed by atoms with van der Waals surface area (Å²) in [6.45, 7) is 5.28. The van der Waals surface area contributed by atoms with Gasteiger partial charge in [-0.05, 0) is 49.6 Å². The van der Waals surface area contributed by atoms with E-state index in [1.54, 1.807) is 32.1 Å². The van der Waals surface area contributed by atoms with E-state index in [4.69, 9.17) is 10.8 Å². The van der Waals surface area contributed by atoms with E-state index < -0.39 is 17.7 Å². The molecule has 0 saturated heterocycles. The normalized spacial score (nSPS) is 10.7. The van der Waals surface area contributed by atoms with E-state index in [1.807, 2.05) is 23.6 Å². The van der Waals surface area contributed by atoms with Gasteiger partial charge in [0.15, 0.2) is 0 Å². The number of primary amides is 1. The van der Waals surface area contributed by atoms with Crippen LogP contribution < -0.4 is 5.73 Å². The molecule has 1 heterocycles. The Labute approximate surface area is 133 Å². The van der Waals surface area contributed by atoms with Crippen LogP contribution in [0.4, 0.5) is 4.79 Å². The summed E-state index contributed by atoms with van der Waals surface area (Å²) in [5.74, 6) is -0.736. The molecule has 0 aliphatic carbocycles. The van der Waals surface area contributed by atoms with E-state index in [9.17, 15) is 9.59 Å². The van der Waals surface area contributed by atoms with Crippen molar-refractivity contribution in [1.82, 2.24) is 0 Å². The number of nitrogens with two attached hydrogens (primary N) is 1. The number of thiophene rings is 1. The van der Waals surface area contributed by atoms with Crippen molar-refractivity contribution in [3.63, 3.8) is 0 Å². The lowest BCUT2D eigenvalue weighted by atomic mass is 10.1. The van der Waals surface area contributed by atoms with E-state index in [1.165, 1.54) is 10.1 Å². The van der Waals surface area contributed by atoms with Gasteiger partial charge in [-0.1, -0.05) is 18.2 Å². The quantitative estimate of drug-likeness (QED) is 0.899. The lowest BCUT2D eigenvalue weighted by molar-refractivity contribution is -0.136. The smallest absolute Gasteiger partial charge is 0.405 e. The van der Waals surface area contributed by atoms with Gasteiger partial charge in [-0.2, -0.15) is 0 Å². The number of benzene rings is 1. The molecule has 0 saturated carbocycles. The highest BCUT2D eigenvalue weighted by atomic mass is 32.1. The molecule has 0 unspecified atom stereocenters. The SMILES string of the molecule is CC(C)(C)OC(N)=O.O=C(O)CCc1csc2ccccc12. The van der Waals surface area contributed by atoms with Gasteiger partial charge in [0.2, 0.25) is 0 Å². The van der Waals surface area contributed by atoms with Crippen molar-refractivity contribution >= 4 is 33.5 Å². The number of aryl methyl sites for hydroxylation is 1. The van der Waals surface area contributed by atoms with Gasteiger partial charge in [0.1, 0.15) is 5.60 Å². The zero-order chi connectivity index (χ0) is 16.8. The molecule has 1 aromatic carbocycles. The van der Waals surface area contributed by atoms with E-state index in [-0.39, 0.29) is 6.42 Å². The Hall–Kier alpha value is -2.08. The monoisotopic (exact) mass is 323 g/mol. The molecule has 0 aliphatic rings. The van der Waals surface area contributed by atoms with Gasteiger partial charge in [-0.25, -0.2) is 4.79 Å². The molecule has 2 rings (SSSR count). The van der Waals surface area contributed by atoms with Crippen molar-refractivity contribution in [3.8, 4) is 0 Å². The molecule has 0 fully saturated rings. The number of carbonyl (C=O) groups excluding carboxylic acids is 1. The van der Waals surface area contributed by atoms with Crippen LogP contribution in [0.25, 0.3) is 10.1 Å². The molecule has 120 valence electrons. The fourth-order valence-corrected chi connectivity index (χ4v) is 2.77. The second kappa shape index (κ2) is 7.79. The molecule has 1 aromatic heterocycles. The van der Waals surface area contributed by atoms with Crippen molar-refractivity contribution < 1.29 is 19.4 Å². The van der Waals surface area contributed by atoms with Crippen LogP contribution in [-0.4, -0.2) is 22.8 Å². The second-order valence-electron chi connectivity index (χ2n) is 5.68. The standard InChI is InChI=1S/C11H10O2S.C5H11NO2/c12-11(13)6-5-8-7-14-10-4-2-1-3-9(8)10;1-5(2,3)8-4(6)7/h1-4,7H,5-6H2,(H,12,13);1-3H3,(H2,6,7). The summed E-state index contributed by atoms with van der Waals surface area (Å²) >= 11 is 1.67.